The first-order valence-corrected chi connectivity index (χ1v) is 3.83. The van der Waals surface area contributed by atoms with Crippen molar-refractivity contribution in [2.75, 3.05) is 0 Å². The Hall–Kier alpha value is -0.570. The van der Waals surface area contributed by atoms with Gasteiger partial charge in [0.1, 0.15) is 0 Å². The lowest BCUT2D eigenvalue weighted by atomic mass is 10.1. The number of hydrogen-bond acceptors (Lipinski definition) is 3. The fourth-order valence-corrected chi connectivity index (χ4v) is 0.537. The molecular weight excluding hydrogens is 144 g/mol. The molecule has 0 aliphatic heterocycles. The summed E-state index contributed by atoms with van der Waals surface area (Å²) in [5, 5.41) is 9.00. The van der Waals surface area contributed by atoms with Gasteiger partial charge in [0.2, 0.25) is 0 Å². The van der Waals surface area contributed by atoms with Gasteiger partial charge >= 0.3 is 5.97 Å². The van der Waals surface area contributed by atoms with Crippen molar-refractivity contribution in [1.29, 1.82) is 0 Å². The Bertz CT molecular complexity index is 129. The van der Waals surface area contributed by atoms with Crippen LogP contribution >= 0.6 is 0 Å². The van der Waals surface area contributed by atoms with Gasteiger partial charge in [0.25, 0.3) is 0 Å². The van der Waals surface area contributed by atoms with E-state index in [1.165, 1.54) is 0 Å². The van der Waals surface area contributed by atoms with E-state index in [0.29, 0.717) is 0 Å². The van der Waals surface area contributed by atoms with Crippen LogP contribution in [0.5, 0.6) is 0 Å². The highest BCUT2D eigenvalue weighted by Gasteiger charge is 2.20. The predicted octanol–water partition coefficient (Wildman–Crippen LogP) is 0.955. The van der Waals surface area contributed by atoms with Crippen molar-refractivity contribution in [3.8, 4) is 0 Å². The van der Waals surface area contributed by atoms with E-state index in [1.807, 2.05) is 0 Å². The zero-order valence-electron chi connectivity index (χ0n) is 7.50. The summed E-state index contributed by atoms with van der Waals surface area (Å²) in [6.07, 6.45) is -0.745. The average molecular weight is 160 g/mol. The molecule has 0 saturated carbocycles. The summed E-state index contributed by atoms with van der Waals surface area (Å²) >= 11 is 0. The highest BCUT2D eigenvalue weighted by atomic mass is 16.5. The number of carbonyl (C=O) groups excluding carboxylic acids is 1. The summed E-state index contributed by atoms with van der Waals surface area (Å²) in [5.74, 6) is -0.771. The average Bonchev–Trinajstić information content (AvgIpc) is 1.84. The summed E-state index contributed by atoms with van der Waals surface area (Å²) in [7, 11) is 0. The van der Waals surface area contributed by atoms with Crippen LogP contribution < -0.4 is 0 Å². The molecule has 2 atom stereocenters. The van der Waals surface area contributed by atoms with Crippen molar-refractivity contribution >= 4 is 5.97 Å². The van der Waals surface area contributed by atoms with Crippen LogP contribution in [-0.2, 0) is 9.53 Å². The molecule has 0 amide bonds. The molecule has 3 nitrogen and oxygen atoms in total. The van der Waals surface area contributed by atoms with E-state index in [2.05, 4.69) is 0 Å². The number of ether oxygens (including phenoxy) is 1. The number of rotatable bonds is 3. The van der Waals surface area contributed by atoms with E-state index in [-0.39, 0.29) is 12.1 Å². The molecular formula is C8H16O3. The van der Waals surface area contributed by atoms with Crippen LogP contribution in [0.2, 0.25) is 0 Å². The first-order chi connectivity index (χ1) is 4.95. The predicted molar refractivity (Wildman–Crippen MR) is 42.1 cm³/mol. The largest absolute Gasteiger partial charge is 0.463 e. The molecule has 0 rings (SSSR count). The Balaban J connectivity index is 3.83. The number of aliphatic hydroxyl groups is 1. The maximum absolute atomic E-state index is 11.0. The smallest absolute Gasteiger partial charge is 0.311 e. The Kier molecular flexibility index (Phi) is 4.11. The molecule has 11 heavy (non-hydrogen) atoms. The molecule has 3 heteroatoms. The SMILES string of the molecule is CC(C)OC(=O)[C@@H](C)[C@H](C)O. The second-order valence-corrected chi connectivity index (χ2v) is 3.01. The van der Waals surface area contributed by atoms with E-state index < -0.39 is 12.0 Å². The Morgan fingerprint density at radius 3 is 2.00 bits per heavy atom. The lowest BCUT2D eigenvalue weighted by molar-refractivity contribution is -0.155. The second-order valence-electron chi connectivity index (χ2n) is 3.01. The molecule has 0 bridgehead atoms. The molecule has 1 N–H and O–H groups in total. The lowest BCUT2D eigenvalue weighted by Gasteiger charge is -2.15. The fourth-order valence-electron chi connectivity index (χ4n) is 0.537. The van der Waals surface area contributed by atoms with Gasteiger partial charge in [-0.1, -0.05) is 0 Å². The van der Waals surface area contributed by atoms with Gasteiger partial charge in [-0.25, -0.2) is 0 Å². The van der Waals surface area contributed by atoms with Crippen molar-refractivity contribution < 1.29 is 14.6 Å². The van der Waals surface area contributed by atoms with E-state index in [0.717, 1.165) is 0 Å². The first kappa shape index (κ1) is 10.4. The highest BCUT2D eigenvalue weighted by molar-refractivity contribution is 5.72. The van der Waals surface area contributed by atoms with Crippen molar-refractivity contribution in [3.05, 3.63) is 0 Å². The lowest BCUT2D eigenvalue weighted by Crippen LogP contribution is -2.26. The van der Waals surface area contributed by atoms with E-state index >= 15 is 0 Å². The minimum Gasteiger partial charge on any atom is -0.463 e. The molecule has 0 aromatic carbocycles. The van der Waals surface area contributed by atoms with Gasteiger partial charge in [0.05, 0.1) is 18.1 Å². The molecule has 0 fully saturated rings. The van der Waals surface area contributed by atoms with Gasteiger partial charge in [0, 0.05) is 0 Å². The molecule has 0 aliphatic carbocycles. The van der Waals surface area contributed by atoms with Gasteiger partial charge in [0.15, 0.2) is 0 Å². The molecule has 0 saturated heterocycles. The number of carbonyl (C=O) groups is 1. The fraction of sp³-hybridized carbons (Fsp3) is 0.875. The van der Waals surface area contributed by atoms with Gasteiger partial charge in [-0.05, 0) is 27.7 Å². The molecule has 0 aliphatic rings. The molecule has 0 aromatic rings. The second kappa shape index (κ2) is 4.34. The van der Waals surface area contributed by atoms with Gasteiger partial charge in [-0.3, -0.25) is 4.79 Å². The summed E-state index contributed by atoms with van der Waals surface area (Å²) < 4.78 is 4.87. The summed E-state index contributed by atoms with van der Waals surface area (Å²) in [6.45, 7) is 6.79. The van der Waals surface area contributed by atoms with E-state index in [1.54, 1.807) is 27.7 Å². The number of hydrogen-bond donors (Lipinski definition) is 1. The van der Waals surface area contributed by atoms with Crippen molar-refractivity contribution in [2.24, 2.45) is 5.92 Å². The Morgan fingerprint density at radius 1 is 1.27 bits per heavy atom. The molecule has 66 valence electrons. The van der Waals surface area contributed by atoms with Crippen LogP contribution in [0.25, 0.3) is 0 Å². The first-order valence-electron chi connectivity index (χ1n) is 3.83. The van der Waals surface area contributed by atoms with Crippen LogP contribution in [0.4, 0.5) is 0 Å². The maximum Gasteiger partial charge on any atom is 0.311 e. The maximum atomic E-state index is 11.0. The van der Waals surface area contributed by atoms with Crippen molar-refractivity contribution in [3.63, 3.8) is 0 Å². The summed E-state index contributed by atoms with van der Waals surface area (Å²) in [6, 6.07) is 0. The third kappa shape index (κ3) is 3.98. The van der Waals surface area contributed by atoms with Crippen LogP contribution in [0.3, 0.4) is 0 Å². The van der Waals surface area contributed by atoms with E-state index in [9.17, 15) is 4.79 Å². The zero-order chi connectivity index (χ0) is 9.02. The summed E-state index contributed by atoms with van der Waals surface area (Å²) in [4.78, 5) is 11.0. The van der Waals surface area contributed by atoms with Crippen LogP contribution in [0.15, 0.2) is 0 Å². The highest BCUT2D eigenvalue weighted by Crippen LogP contribution is 2.05. The molecule has 0 unspecified atom stereocenters. The monoisotopic (exact) mass is 160 g/mol. The van der Waals surface area contributed by atoms with Crippen molar-refractivity contribution in [2.45, 2.75) is 39.9 Å². The Labute approximate surface area is 67.4 Å². The molecule has 0 heterocycles. The third-order valence-electron chi connectivity index (χ3n) is 1.45. The van der Waals surface area contributed by atoms with Crippen LogP contribution in [0, 0.1) is 5.92 Å². The van der Waals surface area contributed by atoms with Crippen LogP contribution in [-0.4, -0.2) is 23.3 Å². The topological polar surface area (TPSA) is 46.5 Å². The molecule has 0 aromatic heterocycles. The minimum absolute atomic E-state index is 0.108. The van der Waals surface area contributed by atoms with Gasteiger partial charge in [-0.2, -0.15) is 0 Å². The van der Waals surface area contributed by atoms with Crippen molar-refractivity contribution in [1.82, 2.24) is 0 Å². The quantitative estimate of drug-likeness (QED) is 0.625. The summed E-state index contributed by atoms with van der Waals surface area (Å²) in [5.41, 5.74) is 0. The molecule has 0 spiro atoms. The Morgan fingerprint density at radius 2 is 1.73 bits per heavy atom. The zero-order valence-corrected chi connectivity index (χ0v) is 7.50. The van der Waals surface area contributed by atoms with E-state index in [4.69, 9.17) is 9.84 Å². The van der Waals surface area contributed by atoms with Crippen LogP contribution in [0.1, 0.15) is 27.7 Å². The standard InChI is InChI=1S/C8H16O3/c1-5(2)11-8(10)6(3)7(4)9/h5-7,9H,1-4H3/t6-,7-/m0/s1. The minimum atomic E-state index is -0.638. The third-order valence-corrected chi connectivity index (χ3v) is 1.45. The van der Waals surface area contributed by atoms with Gasteiger partial charge < -0.3 is 9.84 Å². The van der Waals surface area contributed by atoms with Gasteiger partial charge in [-0.15, -0.1) is 0 Å². The normalized spacial score (nSPS) is 16.2. The number of esters is 1. The number of aliphatic hydroxyl groups excluding tert-OH is 1. The molecule has 0 radical (unpaired) electrons.